The van der Waals surface area contributed by atoms with Crippen LogP contribution in [-0.2, 0) is 0 Å². The molecule has 0 N–H and O–H groups in total. The van der Waals surface area contributed by atoms with Gasteiger partial charge in [-0.1, -0.05) is 140 Å². The third-order valence-electron chi connectivity index (χ3n) is 12.4. The van der Waals surface area contributed by atoms with Gasteiger partial charge >= 0.3 is 0 Å². The Labute approximate surface area is 379 Å². The maximum Gasteiger partial charge on any atom is 0.166 e. The van der Waals surface area contributed by atoms with Crippen molar-refractivity contribution in [2.45, 2.75) is 0 Å². The molecule has 0 saturated heterocycles. The topological polar surface area (TPSA) is 104 Å². The second kappa shape index (κ2) is 15.7. The summed E-state index contributed by atoms with van der Waals surface area (Å²) in [6, 6.07) is 73.9. The summed E-state index contributed by atoms with van der Waals surface area (Å²) in [7, 11) is 0. The second-order valence-electron chi connectivity index (χ2n) is 16.2. The van der Waals surface area contributed by atoms with Gasteiger partial charge in [-0.3, -0.25) is 0 Å². The van der Waals surface area contributed by atoms with Crippen LogP contribution in [0.1, 0.15) is 11.1 Å². The van der Waals surface area contributed by atoms with Gasteiger partial charge in [0.2, 0.25) is 0 Å². The molecule has 66 heavy (non-hydrogen) atoms. The molecule has 0 aliphatic heterocycles. The molecule has 0 saturated carbocycles. The number of furan rings is 1. The van der Waals surface area contributed by atoms with E-state index in [-0.39, 0.29) is 0 Å². The van der Waals surface area contributed by atoms with E-state index in [0.29, 0.717) is 28.6 Å². The zero-order chi connectivity index (χ0) is 44.1. The van der Waals surface area contributed by atoms with E-state index in [4.69, 9.17) is 19.4 Å². The first-order valence-corrected chi connectivity index (χ1v) is 21.6. The van der Waals surface area contributed by atoms with E-state index in [1.165, 1.54) is 0 Å². The molecule has 3 aromatic heterocycles. The van der Waals surface area contributed by atoms with Gasteiger partial charge in [-0.2, -0.15) is 10.5 Å². The molecule has 0 atom stereocenters. The second-order valence-corrected chi connectivity index (χ2v) is 16.2. The summed E-state index contributed by atoms with van der Waals surface area (Å²) in [4.78, 5) is 15.6. The van der Waals surface area contributed by atoms with Crippen molar-refractivity contribution in [1.82, 2.24) is 19.5 Å². The molecule has 306 valence electrons. The summed E-state index contributed by atoms with van der Waals surface area (Å²) in [6.45, 7) is 0. The Morgan fingerprint density at radius 1 is 0.348 bits per heavy atom. The number of nitrogens with zero attached hydrogens (tertiary/aromatic N) is 6. The Bertz CT molecular complexity index is 3790. The van der Waals surface area contributed by atoms with Crippen LogP contribution in [0.3, 0.4) is 0 Å². The van der Waals surface area contributed by atoms with Crippen LogP contribution in [-0.4, -0.2) is 19.5 Å². The van der Waals surface area contributed by atoms with Crippen molar-refractivity contribution in [3.05, 3.63) is 217 Å². The number of fused-ring (bicyclic) bond motifs is 6. The standard InChI is InChI=1S/C59H34N6O/c60-35-43-17-7-9-19-45(43)41-25-29-52-49(32-41)50-33-42(46-20-10-8-18-44(46)36-61)26-30-53(50)65(52)54-28-24-39(40-23-27-48-47-21-11-12-22-55(47)66-56(48)34-40)31-51(54)59-63-57(37-13-3-1-4-14-37)62-58(64-59)38-15-5-2-6-16-38/h1-34H. The van der Waals surface area contributed by atoms with E-state index in [2.05, 4.69) is 95.6 Å². The Hall–Kier alpha value is -9.43. The number of rotatable bonds is 7. The van der Waals surface area contributed by atoms with E-state index in [0.717, 1.165) is 99.5 Å². The molecule has 0 aliphatic rings. The maximum absolute atomic E-state index is 10.1. The molecular formula is C59H34N6O. The number of nitriles is 2. The van der Waals surface area contributed by atoms with Gasteiger partial charge in [-0.15, -0.1) is 0 Å². The molecular weight excluding hydrogens is 809 g/mol. The molecule has 0 aliphatic carbocycles. The smallest absolute Gasteiger partial charge is 0.166 e. The Morgan fingerprint density at radius 3 is 1.44 bits per heavy atom. The highest BCUT2D eigenvalue weighted by Crippen LogP contribution is 2.42. The van der Waals surface area contributed by atoms with E-state index in [1.54, 1.807) is 0 Å². The van der Waals surface area contributed by atoms with Gasteiger partial charge in [-0.05, 0) is 100 Å². The van der Waals surface area contributed by atoms with Crippen LogP contribution in [0.15, 0.2) is 211 Å². The lowest BCUT2D eigenvalue weighted by Crippen LogP contribution is -2.04. The van der Waals surface area contributed by atoms with E-state index in [9.17, 15) is 10.5 Å². The Kier molecular flexibility index (Phi) is 9.12. The summed E-state index contributed by atoms with van der Waals surface area (Å²) < 4.78 is 8.66. The van der Waals surface area contributed by atoms with Crippen LogP contribution in [0, 0.1) is 22.7 Å². The number of para-hydroxylation sites is 1. The first-order chi connectivity index (χ1) is 32.6. The third-order valence-corrected chi connectivity index (χ3v) is 12.4. The normalized spacial score (nSPS) is 11.3. The summed E-state index contributed by atoms with van der Waals surface area (Å²) in [5.41, 5.74) is 13.7. The van der Waals surface area contributed by atoms with Crippen molar-refractivity contribution in [2.24, 2.45) is 0 Å². The van der Waals surface area contributed by atoms with E-state index in [1.807, 2.05) is 127 Å². The molecule has 12 aromatic rings. The van der Waals surface area contributed by atoms with Crippen molar-refractivity contribution in [3.8, 4) is 85.4 Å². The minimum atomic E-state index is 0.513. The highest BCUT2D eigenvalue weighted by molar-refractivity contribution is 6.12. The summed E-state index contributed by atoms with van der Waals surface area (Å²) >= 11 is 0. The lowest BCUT2D eigenvalue weighted by molar-refractivity contribution is 0.669. The van der Waals surface area contributed by atoms with Gasteiger partial charge in [0.15, 0.2) is 17.5 Å². The van der Waals surface area contributed by atoms with Crippen molar-refractivity contribution in [2.75, 3.05) is 0 Å². The maximum atomic E-state index is 10.1. The molecule has 12 rings (SSSR count). The SMILES string of the molecule is N#Cc1ccccc1-c1ccc2c(c1)c1cc(-c3ccccc3C#N)ccc1n2-c1ccc(-c2ccc3c(c2)oc2ccccc23)cc1-c1nc(-c2ccccc2)nc(-c2ccccc2)n1. The highest BCUT2D eigenvalue weighted by atomic mass is 16.3. The largest absolute Gasteiger partial charge is 0.456 e. The van der Waals surface area contributed by atoms with Crippen LogP contribution in [0.4, 0.5) is 0 Å². The van der Waals surface area contributed by atoms with E-state index < -0.39 is 0 Å². The fraction of sp³-hybridized carbons (Fsp3) is 0. The summed E-state index contributed by atoms with van der Waals surface area (Å²) in [5, 5.41) is 24.4. The number of hydrogen-bond acceptors (Lipinski definition) is 6. The van der Waals surface area contributed by atoms with Crippen molar-refractivity contribution < 1.29 is 4.42 Å². The Morgan fingerprint density at radius 2 is 0.833 bits per heavy atom. The highest BCUT2D eigenvalue weighted by Gasteiger charge is 2.22. The van der Waals surface area contributed by atoms with Crippen LogP contribution < -0.4 is 0 Å². The fourth-order valence-corrected chi connectivity index (χ4v) is 9.21. The van der Waals surface area contributed by atoms with Gasteiger partial charge < -0.3 is 8.98 Å². The predicted octanol–water partition coefficient (Wildman–Crippen LogP) is 14.6. The van der Waals surface area contributed by atoms with Gasteiger partial charge in [-0.25, -0.2) is 15.0 Å². The van der Waals surface area contributed by atoms with Crippen LogP contribution >= 0.6 is 0 Å². The number of hydrogen-bond donors (Lipinski definition) is 0. The van der Waals surface area contributed by atoms with Crippen LogP contribution in [0.2, 0.25) is 0 Å². The van der Waals surface area contributed by atoms with Gasteiger partial charge in [0.05, 0.1) is 40.0 Å². The van der Waals surface area contributed by atoms with Gasteiger partial charge in [0.1, 0.15) is 11.2 Å². The molecule has 0 amide bonds. The molecule has 0 fully saturated rings. The van der Waals surface area contributed by atoms with Gasteiger partial charge in [0.25, 0.3) is 0 Å². The van der Waals surface area contributed by atoms with Crippen molar-refractivity contribution >= 4 is 43.7 Å². The molecule has 0 bridgehead atoms. The van der Waals surface area contributed by atoms with Crippen molar-refractivity contribution in [3.63, 3.8) is 0 Å². The zero-order valence-electron chi connectivity index (χ0n) is 35.2. The number of aromatic nitrogens is 4. The summed E-state index contributed by atoms with van der Waals surface area (Å²) in [6.07, 6.45) is 0. The molecule has 7 nitrogen and oxygen atoms in total. The predicted molar refractivity (Wildman–Crippen MR) is 263 cm³/mol. The Balaban J connectivity index is 1.15. The van der Waals surface area contributed by atoms with Gasteiger partial charge in [0, 0.05) is 38.2 Å². The van der Waals surface area contributed by atoms with E-state index >= 15 is 0 Å². The zero-order valence-corrected chi connectivity index (χ0v) is 35.2. The monoisotopic (exact) mass is 842 g/mol. The molecule has 7 heteroatoms. The minimum absolute atomic E-state index is 0.513. The third kappa shape index (κ3) is 6.47. The molecule has 9 aromatic carbocycles. The quantitative estimate of drug-likeness (QED) is 0.158. The molecule has 3 heterocycles. The number of benzene rings is 9. The average Bonchev–Trinajstić information content (AvgIpc) is 3.93. The molecule has 0 radical (unpaired) electrons. The minimum Gasteiger partial charge on any atom is -0.456 e. The fourth-order valence-electron chi connectivity index (χ4n) is 9.21. The first kappa shape index (κ1) is 38.3. The van der Waals surface area contributed by atoms with Crippen LogP contribution in [0.5, 0.6) is 0 Å². The van der Waals surface area contributed by atoms with Crippen LogP contribution in [0.25, 0.3) is 117 Å². The first-order valence-electron chi connectivity index (χ1n) is 21.6. The molecule has 0 unspecified atom stereocenters. The summed E-state index contributed by atoms with van der Waals surface area (Å²) in [5.74, 6) is 1.63. The van der Waals surface area contributed by atoms with Crippen molar-refractivity contribution in [1.29, 1.82) is 10.5 Å². The lowest BCUT2D eigenvalue weighted by Gasteiger charge is -2.16. The average molecular weight is 843 g/mol. The lowest BCUT2D eigenvalue weighted by atomic mass is 9.96. The molecule has 0 spiro atoms.